The molecule has 0 aliphatic heterocycles. The summed E-state index contributed by atoms with van der Waals surface area (Å²) in [4.78, 5) is 0. The lowest BCUT2D eigenvalue weighted by Gasteiger charge is -2.50. The lowest BCUT2D eigenvalue weighted by Crippen LogP contribution is -2.55. The van der Waals surface area contributed by atoms with Crippen molar-refractivity contribution in [2.75, 3.05) is 0 Å². The highest BCUT2D eigenvalue weighted by Gasteiger charge is 2.42. The van der Waals surface area contributed by atoms with Crippen LogP contribution in [0, 0.1) is 10.8 Å². The number of hydrogen-bond acceptors (Lipinski definition) is 1. The zero-order valence-corrected chi connectivity index (χ0v) is 16.6. The van der Waals surface area contributed by atoms with Gasteiger partial charge in [0.05, 0.1) is 0 Å². The molecule has 0 spiro atoms. The Labute approximate surface area is 146 Å². The zero-order chi connectivity index (χ0) is 16.8. The first-order valence-corrected chi connectivity index (χ1v) is 10.9. The van der Waals surface area contributed by atoms with Crippen molar-refractivity contribution >= 4 is 0 Å². The topological polar surface area (TPSA) is 12.0 Å². The van der Waals surface area contributed by atoms with Crippen molar-refractivity contribution in [1.82, 2.24) is 5.32 Å². The van der Waals surface area contributed by atoms with Crippen LogP contribution in [0.25, 0.3) is 0 Å². The summed E-state index contributed by atoms with van der Waals surface area (Å²) < 4.78 is 0. The summed E-state index contributed by atoms with van der Waals surface area (Å²) in [6.07, 6.45) is 20.0. The van der Waals surface area contributed by atoms with Crippen LogP contribution in [0.15, 0.2) is 0 Å². The van der Waals surface area contributed by atoms with Gasteiger partial charge < -0.3 is 5.32 Å². The van der Waals surface area contributed by atoms with Crippen molar-refractivity contribution in [2.24, 2.45) is 10.8 Å². The van der Waals surface area contributed by atoms with Crippen LogP contribution in [0.1, 0.15) is 118 Å². The van der Waals surface area contributed by atoms with E-state index in [9.17, 15) is 0 Å². The minimum atomic E-state index is 0.587. The van der Waals surface area contributed by atoms with E-state index in [1.807, 2.05) is 0 Å². The Bertz CT molecular complexity index is 291. The average molecular weight is 322 g/mol. The van der Waals surface area contributed by atoms with E-state index < -0.39 is 0 Å². The maximum absolute atomic E-state index is 4.28. The molecular formula is C22H43N. The summed E-state index contributed by atoms with van der Waals surface area (Å²) in [6.45, 7) is 9.76. The number of hydrogen-bond donors (Lipinski definition) is 1. The molecule has 0 aromatic carbocycles. The molecular weight excluding hydrogens is 278 g/mol. The number of nitrogens with one attached hydrogen (secondary N) is 1. The number of rotatable bonds is 8. The van der Waals surface area contributed by atoms with Crippen molar-refractivity contribution in [2.45, 2.75) is 130 Å². The second-order valence-corrected chi connectivity index (χ2v) is 8.64. The highest BCUT2D eigenvalue weighted by molar-refractivity contribution is 4.98. The quantitative estimate of drug-likeness (QED) is 0.515. The van der Waals surface area contributed by atoms with E-state index in [1.165, 1.54) is 89.9 Å². The molecule has 0 bridgehead atoms. The normalized spacial score (nSPS) is 26.6. The van der Waals surface area contributed by atoms with Crippen LogP contribution in [0.4, 0.5) is 0 Å². The van der Waals surface area contributed by atoms with Crippen LogP contribution < -0.4 is 5.32 Å². The molecule has 1 nitrogen and oxygen atoms in total. The molecule has 23 heavy (non-hydrogen) atoms. The Morgan fingerprint density at radius 3 is 1.22 bits per heavy atom. The summed E-state index contributed by atoms with van der Waals surface area (Å²) in [5.74, 6) is 0. The summed E-state index contributed by atoms with van der Waals surface area (Å²) in [5, 5.41) is 4.28. The third-order valence-corrected chi connectivity index (χ3v) is 7.80. The van der Waals surface area contributed by atoms with Crippen molar-refractivity contribution in [3.8, 4) is 0 Å². The predicted octanol–water partition coefficient (Wildman–Crippen LogP) is 6.85. The first kappa shape index (κ1) is 19.3. The van der Waals surface area contributed by atoms with Gasteiger partial charge in [-0.15, -0.1) is 0 Å². The van der Waals surface area contributed by atoms with Gasteiger partial charge in [-0.05, 0) is 62.2 Å². The summed E-state index contributed by atoms with van der Waals surface area (Å²) >= 11 is 0. The fourth-order valence-corrected chi connectivity index (χ4v) is 6.11. The maximum atomic E-state index is 4.28. The summed E-state index contributed by atoms with van der Waals surface area (Å²) in [6, 6.07) is 1.48. The van der Waals surface area contributed by atoms with Gasteiger partial charge in [-0.25, -0.2) is 0 Å². The first-order chi connectivity index (χ1) is 11.2. The molecule has 0 radical (unpaired) electrons. The minimum Gasteiger partial charge on any atom is -0.310 e. The maximum Gasteiger partial charge on any atom is 0.0124 e. The van der Waals surface area contributed by atoms with Gasteiger partial charge >= 0.3 is 0 Å². The molecule has 2 aliphatic carbocycles. The van der Waals surface area contributed by atoms with Crippen molar-refractivity contribution < 1.29 is 0 Å². The van der Waals surface area contributed by atoms with Gasteiger partial charge in [0.25, 0.3) is 0 Å². The molecule has 1 N–H and O–H groups in total. The second-order valence-electron chi connectivity index (χ2n) is 8.64. The lowest BCUT2D eigenvalue weighted by molar-refractivity contribution is 0.0541. The molecule has 2 rings (SSSR count). The third kappa shape index (κ3) is 4.14. The van der Waals surface area contributed by atoms with Gasteiger partial charge in [0.2, 0.25) is 0 Å². The van der Waals surface area contributed by atoms with Crippen LogP contribution in [0.3, 0.4) is 0 Å². The van der Waals surface area contributed by atoms with Gasteiger partial charge in [0.15, 0.2) is 0 Å². The van der Waals surface area contributed by atoms with E-state index in [4.69, 9.17) is 0 Å². The fourth-order valence-electron chi connectivity index (χ4n) is 6.11. The predicted molar refractivity (Wildman–Crippen MR) is 103 cm³/mol. The molecule has 0 aromatic rings. The molecule has 2 atom stereocenters. The smallest absolute Gasteiger partial charge is 0.0124 e. The van der Waals surface area contributed by atoms with Crippen LogP contribution in [-0.4, -0.2) is 12.1 Å². The molecule has 1 heteroatoms. The van der Waals surface area contributed by atoms with Crippen molar-refractivity contribution in [3.05, 3.63) is 0 Å². The Balaban J connectivity index is 2.13. The van der Waals surface area contributed by atoms with Crippen LogP contribution in [0.2, 0.25) is 0 Å². The Morgan fingerprint density at radius 1 is 0.609 bits per heavy atom. The molecule has 0 aromatic heterocycles. The minimum absolute atomic E-state index is 0.587. The fraction of sp³-hybridized carbons (Fsp3) is 1.00. The van der Waals surface area contributed by atoms with Gasteiger partial charge in [-0.3, -0.25) is 0 Å². The van der Waals surface area contributed by atoms with Crippen LogP contribution >= 0.6 is 0 Å². The van der Waals surface area contributed by atoms with Gasteiger partial charge in [0.1, 0.15) is 0 Å². The Kier molecular flexibility index (Phi) is 7.45. The molecule has 0 saturated heterocycles. The van der Waals surface area contributed by atoms with E-state index >= 15 is 0 Å². The van der Waals surface area contributed by atoms with E-state index in [0.717, 1.165) is 12.1 Å². The highest BCUT2D eigenvalue weighted by Crippen LogP contribution is 2.47. The molecule has 2 unspecified atom stereocenters. The summed E-state index contributed by atoms with van der Waals surface area (Å²) in [7, 11) is 0. The molecule has 0 heterocycles. The van der Waals surface area contributed by atoms with E-state index in [0.29, 0.717) is 10.8 Å². The summed E-state index contributed by atoms with van der Waals surface area (Å²) in [5.41, 5.74) is 1.17. The van der Waals surface area contributed by atoms with Gasteiger partial charge in [-0.2, -0.15) is 0 Å². The molecule has 2 saturated carbocycles. The molecule has 2 aliphatic rings. The third-order valence-electron chi connectivity index (χ3n) is 7.80. The lowest BCUT2D eigenvalue weighted by atomic mass is 9.63. The highest BCUT2D eigenvalue weighted by atomic mass is 15.0. The van der Waals surface area contributed by atoms with E-state index in [2.05, 4.69) is 33.0 Å². The SMILES string of the molecule is CCC(NC(CC)C1(CC)CCCCC1)C1(CC)CCCCC1. The van der Waals surface area contributed by atoms with Crippen molar-refractivity contribution in [1.29, 1.82) is 0 Å². The zero-order valence-electron chi connectivity index (χ0n) is 16.6. The van der Waals surface area contributed by atoms with E-state index in [1.54, 1.807) is 0 Å². The van der Waals surface area contributed by atoms with Crippen LogP contribution in [-0.2, 0) is 0 Å². The molecule has 136 valence electrons. The van der Waals surface area contributed by atoms with Crippen molar-refractivity contribution in [3.63, 3.8) is 0 Å². The van der Waals surface area contributed by atoms with Crippen LogP contribution in [0.5, 0.6) is 0 Å². The first-order valence-electron chi connectivity index (χ1n) is 10.9. The van der Waals surface area contributed by atoms with E-state index in [-0.39, 0.29) is 0 Å². The van der Waals surface area contributed by atoms with Gasteiger partial charge in [-0.1, -0.05) is 66.2 Å². The monoisotopic (exact) mass is 321 g/mol. The standard InChI is InChI=1S/C22H43N/c1-5-19(21(7-3)15-11-9-12-16-21)23-20(6-2)22(8-4)17-13-10-14-18-22/h19-20,23H,5-18H2,1-4H3. The Morgan fingerprint density at radius 2 is 0.957 bits per heavy atom. The Hall–Kier alpha value is -0.0400. The van der Waals surface area contributed by atoms with Gasteiger partial charge in [0, 0.05) is 12.1 Å². The second kappa shape index (κ2) is 8.88. The molecule has 0 amide bonds. The molecule has 2 fully saturated rings. The average Bonchev–Trinajstić information content (AvgIpc) is 2.63. The largest absolute Gasteiger partial charge is 0.310 e.